The van der Waals surface area contributed by atoms with E-state index in [4.69, 9.17) is 23.7 Å². The summed E-state index contributed by atoms with van der Waals surface area (Å²) in [6.07, 6.45) is 5.85. The normalized spacial score (nSPS) is 28.2. The summed E-state index contributed by atoms with van der Waals surface area (Å²) in [6.45, 7) is 2.19. The summed E-state index contributed by atoms with van der Waals surface area (Å²) in [5.41, 5.74) is 3.45. The molecule has 1 spiro atoms. The highest BCUT2D eigenvalue weighted by Crippen LogP contribution is 2.45. The van der Waals surface area contributed by atoms with E-state index in [0.29, 0.717) is 26.4 Å². The molecule has 0 amide bonds. The smallest absolute Gasteiger partial charge is 0.168 e. The molecule has 3 aromatic carbocycles. The second-order valence-electron chi connectivity index (χ2n) is 11.2. The lowest BCUT2D eigenvalue weighted by Crippen LogP contribution is -2.41. The van der Waals surface area contributed by atoms with Gasteiger partial charge in [0.25, 0.3) is 0 Å². The van der Waals surface area contributed by atoms with Gasteiger partial charge in [0.15, 0.2) is 5.79 Å². The molecule has 2 saturated carbocycles. The van der Waals surface area contributed by atoms with Gasteiger partial charge in [-0.2, -0.15) is 0 Å². The van der Waals surface area contributed by atoms with E-state index in [9.17, 15) is 0 Å². The number of hydrogen-bond donors (Lipinski definition) is 0. The van der Waals surface area contributed by atoms with Crippen molar-refractivity contribution in [3.63, 3.8) is 0 Å². The van der Waals surface area contributed by atoms with Gasteiger partial charge in [-0.25, -0.2) is 0 Å². The topological polar surface area (TPSA) is 46.2 Å². The Morgan fingerprint density at radius 1 is 0.615 bits per heavy atom. The summed E-state index contributed by atoms with van der Waals surface area (Å²) in [6, 6.07) is 31.1. The maximum Gasteiger partial charge on any atom is 0.168 e. The van der Waals surface area contributed by atoms with Gasteiger partial charge in [-0.05, 0) is 36.0 Å². The van der Waals surface area contributed by atoms with Gasteiger partial charge >= 0.3 is 0 Å². The highest BCUT2D eigenvalue weighted by Gasteiger charge is 2.53. The van der Waals surface area contributed by atoms with Crippen molar-refractivity contribution in [2.75, 3.05) is 6.61 Å². The van der Waals surface area contributed by atoms with Crippen LogP contribution in [0, 0.1) is 5.92 Å². The van der Waals surface area contributed by atoms with Gasteiger partial charge in [-0.1, -0.05) is 97.4 Å². The minimum atomic E-state index is -0.420. The van der Waals surface area contributed by atoms with Gasteiger partial charge in [-0.3, -0.25) is 0 Å². The maximum atomic E-state index is 6.76. The van der Waals surface area contributed by atoms with E-state index in [1.807, 2.05) is 18.2 Å². The van der Waals surface area contributed by atoms with Crippen LogP contribution in [0.25, 0.3) is 0 Å². The zero-order valence-electron chi connectivity index (χ0n) is 22.7. The quantitative estimate of drug-likeness (QED) is 0.288. The number of ether oxygens (including phenoxy) is 5. The Balaban J connectivity index is 1.23. The average molecular weight is 529 g/mol. The SMILES string of the molecule is c1ccc(CO[C@@H]2[C@@H]([C@H]3COC4(CCCCC4)O3)C[C@@H](OCc3ccccc3)[C@H]2OCc2ccccc2)cc1. The summed E-state index contributed by atoms with van der Waals surface area (Å²) in [5.74, 6) is -0.299. The van der Waals surface area contributed by atoms with Gasteiger partial charge in [0.1, 0.15) is 6.10 Å². The van der Waals surface area contributed by atoms with Crippen LogP contribution in [0.5, 0.6) is 0 Å². The molecule has 1 saturated heterocycles. The van der Waals surface area contributed by atoms with E-state index in [1.165, 1.54) is 6.42 Å². The first kappa shape index (κ1) is 26.7. The third-order valence-electron chi connectivity index (χ3n) is 8.46. The number of rotatable bonds is 10. The summed E-state index contributed by atoms with van der Waals surface area (Å²) >= 11 is 0. The van der Waals surface area contributed by atoms with E-state index < -0.39 is 5.79 Å². The molecule has 5 atom stereocenters. The Kier molecular flexibility index (Phi) is 8.72. The lowest BCUT2D eigenvalue weighted by Gasteiger charge is -2.33. The summed E-state index contributed by atoms with van der Waals surface area (Å²) in [4.78, 5) is 0. The second kappa shape index (κ2) is 12.8. The molecule has 3 aromatic rings. The molecule has 6 rings (SSSR count). The predicted octanol–water partition coefficient (Wildman–Crippen LogP) is 6.84. The Bertz CT molecular complexity index is 1130. The van der Waals surface area contributed by atoms with Crippen molar-refractivity contribution in [2.24, 2.45) is 5.92 Å². The Morgan fingerprint density at radius 3 is 1.69 bits per heavy atom. The third-order valence-corrected chi connectivity index (χ3v) is 8.46. The molecule has 39 heavy (non-hydrogen) atoms. The fourth-order valence-corrected chi connectivity index (χ4v) is 6.39. The standard InChI is InChI=1S/C34H40O5/c1-5-13-26(14-6-1)22-35-30-21-29(31-25-38-34(39-31)19-11-4-12-20-34)32(36-23-27-15-7-2-8-16-27)33(30)37-24-28-17-9-3-10-18-28/h1-3,5-10,13-18,29-33H,4,11-12,19-25H2/t29-,30-,31-,32-,33-/m1/s1. The minimum absolute atomic E-state index is 0.0305. The monoisotopic (exact) mass is 528 g/mol. The van der Waals surface area contributed by atoms with Crippen molar-refractivity contribution in [1.82, 2.24) is 0 Å². The minimum Gasteiger partial charge on any atom is -0.371 e. The van der Waals surface area contributed by atoms with Crippen LogP contribution in [0.4, 0.5) is 0 Å². The van der Waals surface area contributed by atoms with Crippen molar-refractivity contribution in [3.8, 4) is 0 Å². The van der Waals surface area contributed by atoms with Crippen LogP contribution in [-0.2, 0) is 43.5 Å². The molecular formula is C34H40O5. The van der Waals surface area contributed by atoms with Crippen LogP contribution in [0.2, 0.25) is 0 Å². The van der Waals surface area contributed by atoms with Crippen molar-refractivity contribution >= 4 is 0 Å². The third kappa shape index (κ3) is 6.62. The predicted molar refractivity (Wildman–Crippen MR) is 150 cm³/mol. The van der Waals surface area contributed by atoms with Crippen LogP contribution >= 0.6 is 0 Å². The van der Waals surface area contributed by atoms with Crippen molar-refractivity contribution in [2.45, 2.75) is 88.5 Å². The average Bonchev–Trinajstić information content (AvgIpc) is 3.56. The largest absolute Gasteiger partial charge is 0.371 e. The molecule has 5 nitrogen and oxygen atoms in total. The summed E-state index contributed by atoms with van der Waals surface area (Å²) in [7, 11) is 0. The zero-order chi connectivity index (χ0) is 26.3. The van der Waals surface area contributed by atoms with Gasteiger partial charge in [0, 0.05) is 18.8 Å². The van der Waals surface area contributed by atoms with Crippen LogP contribution in [-0.4, -0.2) is 36.8 Å². The molecule has 0 bridgehead atoms. The summed E-state index contributed by atoms with van der Waals surface area (Å²) in [5, 5.41) is 0. The highest BCUT2D eigenvalue weighted by atomic mass is 16.7. The number of hydrogen-bond acceptors (Lipinski definition) is 5. The molecule has 5 heteroatoms. The Labute approximate surface area is 232 Å². The molecule has 206 valence electrons. The lowest BCUT2D eigenvalue weighted by atomic mass is 9.94. The molecule has 0 N–H and O–H groups in total. The molecule has 0 unspecified atom stereocenters. The lowest BCUT2D eigenvalue weighted by molar-refractivity contribution is -0.197. The van der Waals surface area contributed by atoms with Gasteiger partial charge in [0.2, 0.25) is 0 Å². The fraction of sp³-hybridized carbons (Fsp3) is 0.471. The second-order valence-corrected chi connectivity index (χ2v) is 11.2. The van der Waals surface area contributed by atoms with E-state index in [0.717, 1.165) is 48.8 Å². The maximum absolute atomic E-state index is 6.76. The van der Waals surface area contributed by atoms with Gasteiger partial charge in [-0.15, -0.1) is 0 Å². The molecule has 3 aliphatic rings. The first-order chi connectivity index (χ1) is 19.3. The van der Waals surface area contributed by atoms with Crippen molar-refractivity contribution in [3.05, 3.63) is 108 Å². The highest BCUT2D eigenvalue weighted by molar-refractivity contribution is 5.16. The van der Waals surface area contributed by atoms with Crippen LogP contribution < -0.4 is 0 Å². The molecule has 1 heterocycles. The van der Waals surface area contributed by atoms with E-state index in [1.54, 1.807) is 0 Å². The Hall–Kier alpha value is -2.54. The zero-order valence-corrected chi connectivity index (χ0v) is 22.7. The van der Waals surface area contributed by atoms with Crippen molar-refractivity contribution in [1.29, 1.82) is 0 Å². The molecule has 1 aliphatic heterocycles. The van der Waals surface area contributed by atoms with Crippen LogP contribution in [0.1, 0.15) is 55.2 Å². The Morgan fingerprint density at radius 2 is 1.13 bits per heavy atom. The van der Waals surface area contributed by atoms with E-state index in [2.05, 4.69) is 72.8 Å². The summed E-state index contributed by atoms with van der Waals surface area (Å²) < 4.78 is 33.2. The molecule has 0 aromatic heterocycles. The molecule has 0 radical (unpaired) electrons. The van der Waals surface area contributed by atoms with Crippen LogP contribution in [0.15, 0.2) is 91.0 Å². The first-order valence-electron chi connectivity index (χ1n) is 14.6. The van der Waals surface area contributed by atoms with Crippen molar-refractivity contribution < 1.29 is 23.7 Å². The first-order valence-corrected chi connectivity index (χ1v) is 14.6. The molecule has 2 aliphatic carbocycles. The van der Waals surface area contributed by atoms with Crippen LogP contribution in [0.3, 0.4) is 0 Å². The van der Waals surface area contributed by atoms with E-state index in [-0.39, 0.29) is 30.3 Å². The van der Waals surface area contributed by atoms with E-state index >= 15 is 0 Å². The number of benzene rings is 3. The fourth-order valence-electron chi connectivity index (χ4n) is 6.39. The molecule has 3 fully saturated rings. The molecular weight excluding hydrogens is 488 g/mol. The van der Waals surface area contributed by atoms with Gasteiger partial charge < -0.3 is 23.7 Å². The van der Waals surface area contributed by atoms with Gasteiger partial charge in [0.05, 0.1) is 44.7 Å².